The van der Waals surface area contributed by atoms with Gasteiger partial charge < -0.3 is 9.84 Å². The Morgan fingerprint density at radius 3 is 2.76 bits per heavy atom. The number of ether oxygens (including phenoxy) is 1. The number of carbonyl (C=O) groups is 1. The number of halogens is 2. The summed E-state index contributed by atoms with van der Waals surface area (Å²) in [5, 5.41) is 19.9. The van der Waals surface area contributed by atoms with Crippen LogP contribution in [0.15, 0.2) is 34.9 Å². The molecule has 1 aromatic carbocycles. The molecule has 0 amide bonds. The molecule has 0 saturated heterocycles. The van der Waals surface area contributed by atoms with Crippen molar-refractivity contribution >= 4 is 27.6 Å². The van der Waals surface area contributed by atoms with Crippen molar-refractivity contribution in [1.29, 1.82) is 0 Å². The molecule has 1 N–H and O–H groups in total. The fourth-order valence-electron chi connectivity index (χ4n) is 1.49. The third kappa shape index (κ3) is 3.14. The summed E-state index contributed by atoms with van der Waals surface area (Å²) in [4.78, 5) is 24.8. The molecule has 0 fully saturated rings. The Labute approximate surface area is 125 Å². The Morgan fingerprint density at radius 2 is 2.14 bits per heavy atom. The summed E-state index contributed by atoms with van der Waals surface area (Å²) in [5.41, 5.74) is -0.946. The van der Waals surface area contributed by atoms with E-state index in [4.69, 9.17) is 9.84 Å². The fraction of sp³-hybridized carbons (Fsp3) is 0. The van der Waals surface area contributed by atoms with Gasteiger partial charge in [-0.05, 0) is 28.1 Å². The van der Waals surface area contributed by atoms with Crippen LogP contribution >= 0.6 is 15.9 Å². The normalized spacial score (nSPS) is 10.2. The molecule has 0 bridgehead atoms. The third-order valence-electron chi connectivity index (χ3n) is 2.39. The van der Waals surface area contributed by atoms with Crippen LogP contribution in [0.1, 0.15) is 10.5 Å². The molecule has 2 rings (SSSR count). The summed E-state index contributed by atoms with van der Waals surface area (Å²) in [6.45, 7) is 0. The zero-order valence-corrected chi connectivity index (χ0v) is 11.7. The number of hydrogen-bond donors (Lipinski definition) is 1. The Bertz CT molecular complexity index is 738. The zero-order valence-electron chi connectivity index (χ0n) is 10.1. The number of carboxylic acid groups (broad SMARTS) is 1. The number of aromatic carboxylic acids is 1. The standard InChI is InChI=1S/C12H6BrFN2O5/c13-6-4-8(16(19)20)10(5-7(6)14)21-9-2-1-3-15-11(9)12(17)18/h1-5H,(H,17,18). The highest BCUT2D eigenvalue weighted by Crippen LogP contribution is 2.36. The predicted octanol–water partition coefficient (Wildman–Crippen LogP) is 3.38. The summed E-state index contributed by atoms with van der Waals surface area (Å²) < 4.78 is 18.6. The number of aromatic nitrogens is 1. The minimum atomic E-state index is -1.37. The van der Waals surface area contributed by atoms with E-state index in [1.54, 1.807) is 0 Å². The molecular weight excluding hydrogens is 351 g/mol. The topological polar surface area (TPSA) is 103 Å². The van der Waals surface area contributed by atoms with Crippen LogP contribution in [0, 0.1) is 15.9 Å². The number of nitro groups is 1. The first-order valence-corrected chi connectivity index (χ1v) is 6.19. The number of benzene rings is 1. The maximum Gasteiger partial charge on any atom is 0.358 e. The van der Waals surface area contributed by atoms with Gasteiger partial charge in [-0.3, -0.25) is 10.1 Å². The monoisotopic (exact) mass is 356 g/mol. The molecule has 0 saturated carbocycles. The molecule has 0 aliphatic rings. The maximum absolute atomic E-state index is 13.5. The predicted molar refractivity (Wildman–Crippen MR) is 72.0 cm³/mol. The SMILES string of the molecule is O=C(O)c1ncccc1Oc1cc(F)c(Br)cc1[N+](=O)[O-]. The molecule has 0 atom stereocenters. The lowest BCUT2D eigenvalue weighted by molar-refractivity contribution is -0.385. The molecule has 1 heterocycles. The molecule has 7 nitrogen and oxygen atoms in total. The number of rotatable bonds is 4. The van der Waals surface area contributed by atoms with Gasteiger partial charge in [0.15, 0.2) is 11.4 Å². The van der Waals surface area contributed by atoms with Gasteiger partial charge in [-0.1, -0.05) is 0 Å². The number of pyridine rings is 1. The molecule has 0 aliphatic carbocycles. The van der Waals surface area contributed by atoms with Crippen LogP contribution in [-0.4, -0.2) is 21.0 Å². The van der Waals surface area contributed by atoms with Crippen LogP contribution in [0.5, 0.6) is 11.5 Å². The van der Waals surface area contributed by atoms with Gasteiger partial charge in [0.25, 0.3) is 0 Å². The third-order valence-corrected chi connectivity index (χ3v) is 3.00. The Hall–Kier alpha value is -2.55. The minimum Gasteiger partial charge on any atom is -0.476 e. The highest BCUT2D eigenvalue weighted by molar-refractivity contribution is 9.10. The van der Waals surface area contributed by atoms with Crippen molar-refractivity contribution < 1.29 is 24.0 Å². The molecule has 0 spiro atoms. The van der Waals surface area contributed by atoms with Gasteiger partial charge in [0, 0.05) is 18.3 Å². The first-order valence-electron chi connectivity index (χ1n) is 5.39. The van der Waals surface area contributed by atoms with E-state index in [1.165, 1.54) is 18.3 Å². The van der Waals surface area contributed by atoms with Gasteiger partial charge in [0.1, 0.15) is 5.82 Å². The second-order valence-corrected chi connectivity index (χ2v) is 4.60. The van der Waals surface area contributed by atoms with Crippen molar-refractivity contribution in [3.63, 3.8) is 0 Å². The molecule has 21 heavy (non-hydrogen) atoms. The van der Waals surface area contributed by atoms with Gasteiger partial charge in [-0.2, -0.15) is 0 Å². The lowest BCUT2D eigenvalue weighted by atomic mass is 10.2. The van der Waals surface area contributed by atoms with Crippen molar-refractivity contribution in [2.24, 2.45) is 0 Å². The van der Waals surface area contributed by atoms with E-state index in [1.807, 2.05) is 0 Å². The average molecular weight is 357 g/mol. The van der Waals surface area contributed by atoms with Crippen molar-refractivity contribution in [1.82, 2.24) is 4.98 Å². The lowest BCUT2D eigenvalue weighted by Crippen LogP contribution is -2.04. The van der Waals surface area contributed by atoms with Gasteiger partial charge in [0.05, 0.1) is 9.40 Å². The van der Waals surface area contributed by atoms with Crippen molar-refractivity contribution in [2.45, 2.75) is 0 Å². The summed E-state index contributed by atoms with van der Waals surface area (Å²) in [6.07, 6.45) is 1.23. The van der Waals surface area contributed by atoms with Crippen LogP contribution in [-0.2, 0) is 0 Å². The molecule has 0 aliphatic heterocycles. The first kappa shape index (κ1) is 14.9. The number of hydrogen-bond acceptors (Lipinski definition) is 5. The van der Waals surface area contributed by atoms with Crippen LogP contribution in [0.2, 0.25) is 0 Å². The molecule has 2 aromatic rings. The quantitative estimate of drug-likeness (QED) is 0.665. The Balaban J connectivity index is 2.52. The van der Waals surface area contributed by atoms with Gasteiger partial charge in [-0.15, -0.1) is 0 Å². The van der Waals surface area contributed by atoms with E-state index >= 15 is 0 Å². The van der Waals surface area contributed by atoms with Crippen LogP contribution < -0.4 is 4.74 Å². The summed E-state index contributed by atoms with van der Waals surface area (Å²) in [6, 6.07) is 4.38. The number of nitro benzene ring substituents is 1. The Morgan fingerprint density at radius 1 is 1.43 bits per heavy atom. The molecular formula is C12H6BrFN2O5. The van der Waals surface area contributed by atoms with E-state index < -0.39 is 33.8 Å². The molecule has 0 radical (unpaired) electrons. The van der Waals surface area contributed by atoms with E-state index in [2.05, 4.69) is 20.9 Å². The van der Waals surface area contributed by atoms with E-state index in [0.717, 1.165) is 12.1 Å². The largest absolute Gasteiger partial charge is 0.476 e. The second-order valence-electron chi connectivity index (χ2n) is 3.75. The van der Waals surface area contributed by atoms with Crippen LogP contribution in [0.4, 0.5) is 10.1 Å². The molecule has 1 aromatic heterocycles. The first-order chi connectivity index (χ1) is 9.90. The summed E-state index contributed by atoms with van der Waals surface area (Å²) in [7, 11) is 0. The number of nitrogens with zero attached hydrogens (tertiary/aromatic N) is 2. The Kier molecular flexibility index (Phi) is 4.13. The van der Waals surface area contributed by atoms with E-state index in [0.29, 0.717) is 0 Å². The van der Waals surface area contributed by atoms with Gasteiger partial charge in [-0.25, -0.2) is 14.2 Å². The molecule has 9 heteroatoms. The van der Waals surface area contributed by atoms with Crippen molar-refractivity contribution in [3.8, 4) is 11.5 Å². The van der Waals surface area contributed by atoms with Crippen LogP contribution in [0.3, 0.4) is 0 Å². The van der Waals surface area contributed by atoms with E-state index in [9.17, 15) is 19.3 Å². The highest BCUT2D eigenvalue weighted by atomic mass is 79.9. The fourth-order valence-corrected chi connectivity index (χ4v) is 1.83. The number of carboxylic acids is 1. The summed E-state index contributed by atoms with van der Waals surface area (Å²) >= 11 is 2.83. The van der Waals surface area contributed by atoms with Crippen LogP contribution in [0.25, 0.3) is 0 Å². The van der Waals surface area contributed by atoms with Gasteiger partial charge >= 0.3 is 11.7 Å². The maximum atomic E-state index is 13.5. The van der Waals surface area contributed by atoms with Crippen molar-refractivity contribution in [2.75, 3.05) is 0 Å². The molecule has 0 unspecified atom stereocenters. The smallest absolute Gasteiger partial charge is 0.358 e. The van der Waals surface area contributed by atoms with Crippen molar-refractivity contribution in [3.05, 3.63) is 56.6 Å². The van der Waals surface area contributed by atoms with E-state index in [-0.39, 0.29) is 10.2 Å². The zero-order chi connectivity index (χ0) is 15.6. The second kappa shape index (κ2) is 5.83. The highest BCUT2D eigenvalue weighted by Gasteiger charge is 2.22. The van der Waals surface area contributed by atoms with Gasteiger partial charge in [0.2, 0.25) is 5.75 Å². The minimum absolute atomic E-state index is 0.105. The molecule has 108 valence electrons. The average Bonchev–Trinajstić information content (AvgIpc) is 2.42. The lowest BCUT2D eigenvalue weighted by Gasteiger charge is -2.08. The summed E-state index contributed by atoms with van der Waals surface area (Å²) in [5.74, 6) is -2.80.